The summed E-state index contributed by atoms with van der Waals surface area (Å²) in [6.07, 6.45) is 5.69. The molecule has 0 radical (unpaired) electrons. The van der Waals surface area contributed by atoms with Gasteiger partial charge in [-0.15, -0.1) is 0 Å². The van der Waals surface area contributed by atoms with Crippen molar-refractivity contribution in [3.63, 3.8) is 0 Å². The molecule has 1 N–H and O–H groups in total. The SMILES string of the molecule is CNc1ccc(COCC2CCCCO2)cn1. The number of hydrogen-bond donors (Lipinski definition) is 1. The number of rotatable bonds is 5. The second-order valence-corrected chi connectivity index (χ2v) is 4.31. The zero-order valence-corrected chi connectivity index (χ0v) is 10.3. The number of nitrogens with one attached hydrogen (secondary N) is 1. The Morgan fingerprint density at radius 2 is 2.41 bits per heavy atom. The largest absolute Gasteiger partial charge is 0.376 e. The molecule has 1 aliphatic rings. The number of aromatic nitrogens is 1. The van der Waals surface area contributed by atoms with E-state index in [1.807, 2.05) is 25.4 Å². The van der Waals surface area contributed by atoms with Crippen LogP contribution in [0.2, 0.25) is 0 Å². The molecule has 0 bridgehead atoms. The third kappa shape index (κ3) is 3.98. The Kier molecular flexibility index (Phi) is 4.76. The molecule has 0 spiro atoms. The minimum atomic E-state index is 0.285. The molecule has 0 aliphatic carbocycles. The minimum Gasteiger partial charge on any atom is -0.376 e. The molecule has 2 heterocycles. The van der Waals surface area contributed by atoms with Crippen LogP contribution >= 0.6 is 0 Å². The summed E-state index contributed by atoms with van der Waals surface area (Å²) in [5, 5.41) is 2.99. The van der Waals surface area contributed by atoms with Crippen molar-refractivity contribution in [3.05, 3.63) is 23.9 Å². The van der Waals surface area contributed by atoms with E-state index >= 15 is 0 Å². The van der Waals surface area contributed by atoms with Crippen LogP contribution in [0.4, 0.5) is 5.82 Å². The first-order valence-corrected chi connectivity index (χ1v) is 6.20. The topological polar surface area (TPSA) is 43.4 Å². The van der Waals surface area contributed by atoms with Gasteiger partial charge in [0.1, 0.15) is 5.82 Å². The molecule has 1 unspecified atom stereocenters. The fourth-order valence-electron chi connectivity index (χ4n) is 1.90. The maximum atomic E-state index is 5.65. The van der Waals surface area contributed by atoms with Crippen molar-refractivity contribution >= 4 is 5.82 Å². The number of anilines is 1. The van der Waals surface area contributed by atoms with E-state index in [1.54, 1.807) is 0 Å². The van der Waals surface area contributed by atoms with Crippen LogP contribution in [0.25, 0.3) is 0 Å². The molecule has 1 aliphatic heterocycles. The zero-order valence-electron chi connectivity index (χ0n) is 10.3. The lowest BCUT2D eigenvalue weighted by Gasteiger charge is -2.22. The summed E-state index contributed by atoms with van der Waals surface area (Å²) in [6.45, 7) is 2.18. The first-order valence-electron chi connectivity index (χ1n) is 6.20. The molecule has 1 aromatic rings. The number of nitrogens with zero attached hydrogens (tertiary/aromatic N) is 1. The molecule has 0 saturated carbocycles. The van der Waals surface area contributed by atoms with Gasteiger partial charge in [0.25, 0.3) is 0 Å². The van der Waals surface area contributed by atoms with Crippen LogP contribution in [-0.4, -0.2) is 31.3 Å². The quantitative estimate of drug-likeness (QED) is 0.851. The molecule has 1 aromatic heterocycles. The molecule has 94 valence electrons. The van der Waals surface area contributed by atoms with Gasteiger partial charge in [-0.2, -0.15) is 0 Å². The first kappa shape index (κ1) is 12.3. The zero-order chi connectivity index (χ0) is 11.9. The summed E-state index contributed by atoms with van der Waals surface area (Å²) >= 11 is 0. The Morgan fingerprint density at radius 3 is 3.06 bits per heavy atom. The van der Waals surface area contributed by atoms with Gasteiger partial charge in [-0.05, 0) is 30.9 Å². The lowest BCUT2D eigenvalue weighted by molar-refractivity contribution is -0.0448. The predicted molar refractivity (Wildman–Crippen MR) is 67.0 cm³/mol. The van der Waals surface area contributed by atoms with Gasteiger partial charge in [-0.1, -0.05) is 6.07 Å². The summed E-state index contributed by atoms with van der Waals surface area (Å²) in [6, 6.07) is 3.98. The Balaban J connectivity index is 1.69. The number of pyridine rings is 1. The Morgan fingerprint density at radius 1 is 1.47 bits per heavy atom. The maximum Gasteiger partial charge on any atom is 0.125 e. The maximum absolute atomic E-state index is 5.65. The fourth-order valence-corrected chi connectivity index (χ4v) is 1.90. The van der Waals surface area contributed by atoms with Gasteiger partial charge >= 0.3 is 0 Å². The van der Waals surface area contributed by atoms with E-state index in [0.717, 1.165) is 24.4 Å². The van der Waals surface area contributed by atoms with Crippen LogP contribution in [0.5, 0.6) is 0 Å². The molecule has 2 rings (SSSR count). The van der Waals surface area contributed by atoms with Crippen molar-refractivity contribution in [3.8, 4) is 0 Å². The van der Waals surface area contributed by atoms with E-state index < -0.39 is 0 Å². The molecular formula is C13H20N2O2. The predicted octanol–water partition coefficient (Wildman–Crippen LogP) is 2.21. The van der Waals surface area contributed by atoms with Crippen LogP contribution in [-0.2, 0) is 16.1 Å². The fraction of sp³-hybridized carbons (Fsp3) is 0.615. The van der Waals surface area contributed by atoms with E-state index in [-0.39, 0.29) is 6.10 Å². The highest BCUT2D eigenvalue weighted by Gasteiger charge is 2.13. The molecule has 1 atom stereocenters. The molecule has 4 nitrogen and oxygen atoms in total. The van der Waals surface area contributed by atoms with Crippen LogP contribution in [0.1, 0.15) is 24.8 Å². The van der Waals surface area contributed by atoms with Crippen molar-refractivity contribution in [2.24, 2.45) is 0 Å². The van der Waals surface area contributed by atoms with Gasteiger partial charge in [0, 0.05) is 19.9 Å². The molecule has 0 amide bonds. The van der Waals surface area contributed by atoms with E-state index in [1.165, 1.54) is 12.8 Å². The van der Waals surface area contributed by atoms with E-state index in [2.05, 4.69) is 10.3 Å². The van der Waals surface area contributed by atoms with Crippen molar-refractivity contribution in [2.45, 2.75) is 32.0 Å². The Bertz CT molecular complexity index is 321. The lowest BCUT2D eigenvalue weighted by Crippen LogP contribution is -2.24. The van der Waals surface area contributed by atoms with Crippen molar-refractivity contribution in [1.82, 2.24) is 4.98 Å². The van der Waals surface area contributed by atoms with Gasteiger partial charge in [-0.25, -0.2) is 4.98 Å². The minimum absolute atomic E-state index is 0.285. The Hall–Kier alpha value is -1.13. The normalized spacial score (nSPS) is 20.2. The van der Waals surface area contributed by atoms with E-state index in [0.29, 0.717) is 13.2 Å². The average Bonchev–Trinajstić information content (AvgIpc) is 2.41. The molecule has 0 aromatic carbocycles. The van der Waals surface area contributed by atoms with Crippen molar-refractivity contribution in [1.29, 1.82) is 0 Å². The van der Waals surface area contributed by atoms with Gasteiger partial charge in [0.05, 0.1) is 19.3 Å². The number of ether oxygens (including phenoxy) is 2. The highest BCUT2D eigenvalue weighted by Crippen LogP contribution is 2.13. The second kappa shape index (κ2) is 6.57. The number of hydrogen-bond acceptors (Lipinski definition) is 4. The van der Waals surface area contributed by atoms with Crippen LogP contribution in [0.3, 0.4) is 0 Å². The second-order valence-electron chi connectivity index (χ2n) is 4.31. The summed E-state index contributed by atoms with van der Waals surface area (Å²) < 4.78 is 11.2. The molecule has 4 heteroatoms. The standard InChI is InChI=1S/C13H20N2O2/c1-14-13-6-5-11(8-15-13)9-16-10-12-4-2-3-7-17-12/h5-6,8,12H,2-4,7,9-10H2,1H3,(H,14,15). The van der Waals surface area contributed by atoms with Gasteiger partial charge in [-0.3, -0.25) is 0 Å². The molecule has 1 fully saturated rings. The molecular weight excluding hydrogens is 216 g/mol. The third-order valence-corrected chi connectivity index (χ3v) is 2.93. The first-order chi connectivity index (χ1) is 8.38. The van der Waals surface area contributed by atoms with Crippen LogP contribution < -0.4 is 5.32 Å². The Labute approximate surface area is 102 Å². The summed E-state index contributed by atoms with van der Waals surface area (Å²) in [5.74, 6) is 0.879. The summed E-state index contributed by atoms with van der Waals surface area (Å²) in [5.41, 5.74) is 1.10. The highest BCUT2D eigenvalue weighted by molar-refractivity contribution is 5.34. The van der Waals surface area contributed by atoms with E-state index in [4.69, 9.17) is 9.47 Å². The molecule has 17 heavy (non-hydrogen) atoms. The van der Waals surface area contributed by atoms with E-state index in [9.17, 15) is 0 Å². The lowest BCUT2D eigenvalue weighted by atomic mass is 10.1. The molecule has 1 saturated heterocycles. The van der Waals surface area contributed by atoms with Crippen LogP contribution in [0, 0.1) is 0 Å². The monoisotopic (exact) mass is 236 g/mol. The summed E-state index contributed by atoms with van der Waals surface area (Å²) in [7, 11) is 1.86. The van der Waals surface area contributed by atoms with Gasteiger partial charge < -0.3 is 14.8 Å². The summed E-state index contributed by atoms with van der Waals surface area (Å²) in [4.78, 5) is 4.24. The van der Waals surface area contributed by atoms with Gasteiger partial charge in [0.15, 0.2) is 0 Å². The highest BCUT2D eigenvalue weighted by atomic mass is 16.5. The van der Waals surface area contributed by atoms with Crippen molar-refractivity contribution < 1.29 is 9.47 Å². The smallest absolute Gasteiger partial charge is 0.125 e. The van der Waals surface area contributed by atoms with Gasteiger partial charge in [0.2, 0.25) is 0 Å². The van der Waals surface area contributed by atoms with Crippen LogP contribution in [0.15, 0.2) is 18.3 Å². The average molecular weight is 236 g/mol. The van der Waals surface area contributed by atoms with Crippen molar-refractivity contribution in [2.75, 3.05) is 25.6 Å². The third-order valence-electron chi connectivity index (χ3n) is 2.93.